The largest absolute Gasteiger partial charge is 0.493 e. The molecule has 0 saturated carbocycles. The van der Waals surface area contributed by atoms with Gasteiger partial charge in [0, 0.05) is 44.7 Å². The van der Waals surface area contributed by atoms with Crippen molar-refractivity contribution in [2.75, 3.05) is 57.6 Å². The monoisotopic (exact) mass is 491 g/mol. The zero-order valence-electron chi connectivity index (χ0n) is 20.8. The van der Waals surface area contributed by atoms with E-state index in [2.05, 4.69) is 30.3 Å². The summed E-state index contributed by atoms with van der Waals surface area (Å²) >= 11 is 0. The maximum absolute atomic E-state index is 6.38. The van der Waals surface area contributed by atoms with Crippen LogP contribution in [0, 0.1) is 0 Å². The van der Waals surface area contributed by atoms with Crippen molar-refractivity contribution < 1.29 is 9.47 Å². The molecule has 11 nitrogen and oxygen atoms in total. The van der Waals surface area contributed by atoms with Gasteiger partial charge >= 0.3 is 0 Å². The highest BCUT2D eigenvalue weighted by Crippen LogP contribution is 2.33. The van der Waals surface area contributed by atoms with Gasteiger partial charge in [0.15, 0.2) is 17.3 Å². The molecule has 3 aromatic rings. The van der Waals surface area contributed by atoms with Gasteiger partial charge in [-0.1, -0.05) is 0 Å². The number of aromatic nitrogens is 3. The van der Waals surface area contributed by atoms with Crippen LogP contribution in [0.5, 0.6) is 11.5 Å². The van der Waals surface area contributed by atoms with Crippen LogP contribution in [0.3, 0.4) is 0 Å². The number of ether oxygens (including phenoxy) is 2. The first-order valence-corrected chi connectivity index (χ1v) is 12.3. The lowest BCUT2D eigenvalue weighted by Gasteiger charge is -2.37. The van der Waals surface area contributed by atoms with Crippen molar-refractivity contribution in [2.45, 2.75) is 25.3 Å². The SMILES string of the molecule is COc1ccc(-c2ccc3nc(N)nc(N4CCNCC4C/C(N)=N/N4CCCC4)c3n2)cc1OC. The third-order valence-electron chi connectivity index (χ3n) is 6.64. The highest BCUT2D eigenvalue weighted by molar-refractivity contribution is 5.89. The highest BCUT2D eigenvalue weighted by Gasteiger charge is 2.27. The lowest BCUT2D eigenvalue weighted by Crippen LogP contribution is -2.53. The number of amidine groups is 1. The average Bonchev–Trinajstić information content (AvgIpc) is 3.40. The predicted octanol–water partition coefficient (Wildman–Crippen LogP) is 1.83. The number of hydrogen-bond donors (Lipinski definition) is 3. The maximum atomic E-state index is 6.38. The van der Waals surface area contributed by atoms with Crippen molar-refractivity contribution in [1.29, 1.82) is 0 Å². The molecule has 2 aliphatic heterocycles. The second kappa shape index (κ2) is 10.4. The van der Waals surface area contributed by atoms with Crippen LogP contribution in [-0.4, -0.2) is 78.8 Å². The average molecular weight is 492 g/mol. The van der Waals surface area contributed by atoms with Crippen LogP contribution in [-0.2, 0) is 0 Å². The first-order chi connectivity index (χ1) is 17.6. The predicted molar refractivity (Wildman–Crippen MR) is 141 cm³/mol. The van der Waals surface area contributed by atoms with E-state index in [4.69, 9.17) is 25.9 Å². The zero-order chi connectivity index (χ0) is 25.1. The van der Waals surface area contributed by atoms with Crippen molar-refractivity contribution in [3.63, 3.8) is 0 Å². The van der Waals surface area contributed by atoms with E-state index in [9.17, 15) is 0 Å². The fourth-order valence-corrected chi connectivity index (χ4v) is 4.86. The molecule has 0 bridgehead atoms. The van der Waals surface area contributed by atoms with E-state index in [1.54, 1.807) is 14.2 Å². The summed E-state index contributed by atoms with van der Waals surface area (Å²) in [4.78, 5) is 16.3. The van der Waals surface area contributed by atoms with Crippen molar-refractivity contribution in [3.05, 3.63) is 30.3 Å². The number of rotatable bonds is 7. The molecule has 5 N–H and O–H groups in total. The van der Waals surface area contributed by atoms with Crippen molar-refractivity contribution in [3.8, 4) is 22.8 Å². The van der Waals surface area contributed by atoms with Crippen LogP contribution in [0.1, 0.15) is 19.3 Å². The number of nitrogen functional groups attached to an aromatic ring is 1. The van der Waals surface area contributed by atoms with Gasteiger partial charge in [0.2, 0.25) is 5.95 Å². The molecular weight excluding hydrogens is 458 g/mol. The lowest BCUT2D eigenvalue weighted by atomic mass is 10.1. The minimum Gasteiger partial charge on any atom is -0.493 e. The molecule has 11 heteroatoms. The number of piperazine rings is 1. The summed E-state index contributed by atoms with van der Waals surface area (Å²) in [5.41, 5.74) is 15.6. The summed E-state index contributed by atoms with van der Waals surface area (Å²) in [6.07, 6.45) is 2.94. The molecule has 2 aliphatic rings. The molecule has 190 valence electrons. The number of hydrogen-bond acceptors (Lipinski definition) is 10. The van der Waals surface area contributed by atoms with E-state index in [-0.39, 0.29) is 12.0 Å². The summed E-state index contributed by atoms with van der Waals surface area (Å²) in [6.45, 7) is 4.25. The van der Waals surface area contributed by atoms with Crippen LogP contribution in [0.15, 0.2) is 35.4 Å². The second-order valence-corrected chi connectivity index (χ2v) is 9.05. The number of hydrazone groups is 1. The molecule has 5 rings (SSSR count). The van der Waals surface area contributed by atoms with Crippen molar-refractivity contribution in [1.82, 2.24) is 25.3 Å². The summed E-state index contributed by atoms with van der Waals surface area (Å²) < 4.78 is 10.9. The maximum Gasteiger partial charge on any atom is 0.222 e. The minimum absolute atomic E-state index is 0.0640. The van der Waals surface area contributed by atoms with Gasteiger partial charge in [0.1, 0.15) is 11.4 Å². The van der Waals surface area contributed by atoms with E-state index < -0.39 is 0 Å². The summed E-state index contributed by atoms with van der Waals surface area (Å²) in [7, 11) is 3.24. The smallest absolute Gasteiger partial charge is 0.222 e. The van der Waals surface area contributed by atoms with E-state index in [1.807, 2.05) is 30.3 Å². The van der Waals surface area contributed by atoms with Crippen molar-refractivity contribution in [2.24, 2.45) is 10.8 Å². The summed E-state index contributed by atoms with van der Waals surface area (Å²) in [5, 5.41) is 10.2. The molecule has 1 unspecified atom stereocenters. The molecule has 1 aromatic carbocycles. The van der Waals surface area contributed by atoms with E-state index in [0.717, 1.165) is 56.8 Å². The number of nitrogens with one attached hydrogen (secondary N) is 1. The van der Waals surface area contributed by atoms with E-state index >= 15 is 0 Å². The molecule has 0 radical (unpaired) electrons. The van der Waals surface area contributed by atoms with Gasteiger partial charge in [-0.05, 0) is 43.2 Å². The van der Waals surface area contributed by atoms with E-state index in [1.165, 1.54) is 0 Å². The number of nitrogens with two attached hydrogens (primary N) is 2. The molecular formula is C25H33N9O2. The van der Waals surface area contributed by atoms with E-state index in [0.29, 0.717) is 40.6 Å². The third-order valence-corrected chi connectivity index (χ3v) is 6.64. The molecule has 2 fully saturated rings. The Kier molecular flexibility index (Phi) is 6.90. The topological polar surface area (TPSA) is 140 Å². The second-order valence-electron chi connectivity index (χ2n) is 9.05. The number of pyridine rings is 1. The molecule has 2 aromatic heterocycles. The number of fused-ring (bicyclic) bond motifs is 1. The zero-order valence-corrected chi connectivity index (χ0v) is 20.8. The Morgan fingerprint density at radius 1 is 1.06 bits per heavy atom. The van der Waals surface area contributed by atoms with Gasteiger partial charge in [-0.25, -0.2) is 9.97 Å². The fourth-order valence-electron chi connectivity index (χ4n) is 4.86. The number of anilines is 2. The van der Waals surface area contributed by atoms with Crippen LogP contribution in [0.2, 0.25) is 0 Å². The Labute approximate surface area is 210 Å². The molecule has 1 atom stereocenters. The molecule has 4 heterocycles. The van der Waals surface area contributed by atoms with Gasteiger partial charge < -0.3 is 31.2 Å². The van der Waals surface area contributed by atoms with Crippen LogP contribution in [0.25, 0.3) is 22.3 Å². The Balaban J connectivity index is 1.51. The normalized spacial score (nSPS) is 18.6. The van der Waals surface area contributed by atoms with Gasteiger partial charge in [-0.2, -0.15) is 10.1 Å². The number of benzene rings is 1. The molecule has 0 aliphatic carbocycles. The van der Waals surface area contributed by atoms with Crippen molar-refractivity contribution >= 4 is 28.6 Å². The Hall–Kier alpha value is -3.86. The summed E-state index contributed by atoms with van der Waals surface area (Å²) in [6, 6.07) is 9.65. The Morgan fingerprint density at radius 2 is 1.86 bits per heavy atom. The standard InChI is InChI=1S/C25H33N9O2/c1-35-20-8-5-16(13-21(20)36-2)18-6-7-19-23(29-18)24(31-25(27)30-19)34-12-9-28-15-17(34)14-22(26)32-33-10-3-4-11-33/h5-8,13,17,28H,3-4,9-12,14-15H2,1-2H3,(H2,26,32)(H2,27,30,31). The molecule has 2 saturated heterocycles. The van der Waals surface area contributed by atoms with Crippen LogP contribution >= 0.6 is 0 Å². The van der Waals surface area contributed by atoms with Gasteiger partial charge in [-0.15, -0.1) is 0 Å². The molecule has 0 amide bonds. The van der Waals surface area contributed by atoms with Crippen LogP contribution in [0.4, 0.5) is 11.8 Å². The van der Waals surface area contributed by atoms with Gasteiger partial charge in [0.25, 0.3) is 0 Å². The Bertz CT molecular complexity index is 1260. The first kappa shape index (κ1) is 23.9. The van der Waals surface area contributed by atoms with Crippen LogP contribution < -0.4 is 31.2 Å². The highest BCUT2D eigenvalue weighted by atomic mass is 16.5. The third kappa shape index (κ3) is 4.92. The summed E-state index contributed by atoms with van der Waals surface area (Å²) in [5.74, 6) is 2.85. The molecule has 0 spiro atoms. The fraction of sp³-hybridized carbons (Fsp3) is 0.440. The molecule has 36 heavy (non-hydrogen) atoms. The van der Waals surface area contributed by atoms with Gasteiger partial charge in [0.05, 0.1) is 31.5 Å². The minimum atomic E-state index is 0.0640. The Morgan fingerprint density at radius 3 is 2.64 bits per heavy atom. The number of nitrogens with zero attached hydrogens (tertiary/aromatic N) is 6. The first-order valence-electron chi connectivity index (χ1n) is 12.3. The quantitative estimate of drug-likeness (QED) is 0.331. The van der Waals surface area contributed by atoms with Gasteiger partial charge in [-0.3, -0.25) is 5.01 Å². The number of methoxy groups -OCH3 is 2. The lowest BCUT2D eigenvalue weighted by molar-refractivity contribution is 0.355.